The quantitative estimate of drug-likeness (QED) is 0.474. The molecule has 0 spiro atoms. The number of aryl methyl sites for hydroxylation is 1. The van der Waals surface area contributed by atoms with Gasteiger partial charge in [0.05, 0.1) is 17.8 Å². The molecule has 2 aromatic carbocycles. The van der Waals surface area contributed by atoms with Crippen LogP contribution in [0, 0.1) is 12.7 Å². The first-order valence-corrected chi connectivity index (χ1v) is 9.54. The van der Waals surface area contributed by atoms with E-state index in [4.69, 9.17) is 9.15 Å². The standard InChI is InChI=1S/C15H16O2S.C7H7F/c1-10(2)11-3-5-12(6-4-11)18-14-7-8-16-15(14)13-9-17-13;1-6-4-2-3-5-7(6)8/h3-8,10,13H,9H2,1-2H3;2-5H,1H3. The first-order valence-electron chi connectivity index (χ1n) is 8.72. The van der Waals surface area contributed by atoms with E-state index in [1.807, 2.05) is 12.1 Å². The van der Waals surface area contributed by atoms with Crippen LogP contribution in [0.4, 0.5) is 4.39 Å². The molecule has 1 unspecified atom stereocenters. The van der Waals surface area contributed by atoms with Crippen LogP contribution in [-0.4, -0.2) is 6.61 Å². The average molecular weight is 370 g/mol. The normalized spacial score (nSPS) is 15.5. The molecule has 26 heavy (non-hydrogen) atoms. The molecule has 0 saturated carbocycles. The minimum Gasteiger partial charge on any atom is -0.465 e. The molecule has 0 N–H and O–H groups in total. The second kappa shape index (κ2) is 8.56. The molecule has 1 aliphatic heterocycles. The van der Waals surface area contributed by atoms with Crippen LogP contribution < -0.4 is 0 Å². The SMILES string of the molecule is CC(C)c1ccc(Sc2ccoc2C2CO2)cc1.Cc1ccccc1F. The molecule has 136 valence electrons. The molecular formula is C22H23FO2S. The van der Waals surface area contributed by atoms with Gasteiger partial charge in [0, 0.05) is 4.90 Å². The molecule has 0 aliphatic carbocycles. The van der Waals surface area contributed by atoms with Crippen molar-refractivity contribution < 1.29 is 13.5 Å². The van der Waals surface area contributed by atoms with Crippen LogP contribution in [0.15, 0.2) is 75.1 Å². The van der Waals surface area contributed by atoms with Gasteiger partial charge in [0.15, 0.2) is 0 Å². The highest BCUT2D eigenvalue weighted by Crippen LogP contribution is 2.40. The summed E-state index contributed by atoms with van der Waals surface area (Å²) in [5.74, 6) is 1.41. The monoisotopic (exact) mass is 370 g/mol. The molecule has 2 heterocycles. The van der Waals surface area contributed by atoms with Crippen molar-refractivity contribution in [2.75, 3.05) is 6.61 Å². The van der Waals surface area contributed by atoms with E-state index in [0.29, 0.717) is 11.5 Å². The average Bonchev–Trinajstić information content (AvgIpc) is 3.38. The minimum atomic E-state index is -0.132. The number of furan rings is 1. The van der Waals surface area contributed by atoms with Gasteiger partial charge in [-0.3, -0.25) is 0 Å². The maximum atomic E-state index is 12.3. The van der Waals surface area contributed by atoms with Crippen molar-refractivity contribution >= 4 is 11.8 Å². The highest BCUT2D eigenvalue weighted by Gasteiger charge is 2.30. The third-order valence-electron chi connectivity index (χ3n) is 4.13. The van der Waals surface area contributed by atoms with Gasteiger partial charge >= 0.3 is 0 Å². The Morgan fingerprint density at radius 1 is 1.04 bits per heavy atom. The molecule has 1 atom stereocenters. The summed E-state index contributed by atoms with van der Waals surface area (Å²) < 4.78 is 23.1. The Hall–Kier alpha value is -2.04. The maximum absolute atomic E-state index is 12.3. The number of halogens is 1. The lowest BCUT2D eigenvalue weighted by Crippen LogP contribution is -1.86. The summed E-state index contributed by atoms with van der Waals surface area (Å²) in [6.45, 7) is 6.95. The molecular weight excluding hydrogens is 347 g/mol. The largest absolute Gasteiger partial charge is 0.465 e. The van der Waals surface area contributed by atoms with Gasteiger partial charge in [0.2, 0.25) is 0 Å². The first-order chi connectivity index (χ1) is 12.5. The van der Waals surface area contributed by atoms with E-state index >= 15 is 0 Å². The summed E-state index contributed by atoms with van der Waals surface area (Å²) in [6, 6.07) is 17.4. The Morgan fingerprint density at radius 2 is 1.73 bits per heavy atom. The zero-order valence-corrected chi connectivity index (χ0v) is 16.1. The number of epoxide rings is 1. The van der Waals surface area contributed by atoms with Crippen LogP contribution in [-0.2, 0) is 4.74 Å². The summed E-state index contributed by atoms with van der Waals surface area (Å²) in [7, 11) is 0. The zero-order valence-electron chi connectivity index (χ0n) is 15.2. The molecule has 1 fully saturated rings. The third kappa shape index (κ3) is 4.99. The maximum Gasteiger partial charge on any atom is 0.148 e. The Bertz CT molecular complexity index is 814. The fraction of sp³-hybridized carbons (Fsp3) is 0.273. The van der Waals surface area contributed by atoms with E-state index in [2.05, 4.69) is 38.1 Å². The smallest absolute Gasteiger partial charge is 0.148 e. The molecule has 0 amide bonds. The van der Waals surface area contributed by atoms with Gasteiger partial charge in [-0.25, -0.2) is 4.39 Å². The Kier molecular flexibility index (Phi) is 6.17. The summed E-state index contributed by atoms with van der Waals surface area (Å²) in [5, 5.41) is 0. The summed E-state index contributed by atoms with van der Waals surface area (Å²) in [5.41, 5.74) is 2.07. The van der Waals surface area contributed by atoms with E-state index in [-0.39, 0.29) is 11.9 Å². The van der Waals surface area contributed by atoms with E-state index < -0.39 is 0 Å². The van der Waals surface area contributed by atoms with Crippen LogP contribution in [0.1, 0.15) is 42.8 Å². The number of rotatable bonds is 4. The van der Waals surface area contributed by atoms with Crippen molar-refractivity contribution in [3.8, 4) is 0 Å². The molecule has 3 aromatic rings. The number of benzene rings is 2. The fourth-order valence-electron chi connectivity index (χ4n) is 2.43. The lowest BCUT2D eigenvalue weighted by molar-refractivity contribution is 0.365. The van der Waals surface area contributed by atoms with Gasteiger partial charge in [0.25, 0.3) is 0 Å². The van der Waals surface area contributed by atoms with Gasteiger partial charge in [-0.1, -0.05) is 55.9 Å². The molecule has 4 rings (SSSR count). The molecule has 1 aliphatic rings. The summed E-state index contributed by atoms with van der Waals surface area (Å²) >= 11 is 1.74. The van der Waals surface area contributed by atoms with Gasteiger partial charge in [-0.2, -0.15) is 0 Å². The molecule has 0 radical (unpaired) electrons. The van der Waals surface area contributed by atoms with Crippen molar-refractivity contribution in [1.82, 2.24) is 0 Å². The second-order valence-electron chi connectivity index (χ2n) is 6.55. The lowest BCUT2D eigenvalue weighted by Gasteiger charge is -2.06. The van der Waals surface area contributed by atoms with Gasteiger partial charge in [-0.15, -0.1) is 0 Å². The van der Waals surface area contributed by atoms with Crippen LogP contribution >= 0.6 is 11.8 Å². The Labute approximate surface area is 158 Å². The van der Waals surface area contributed by atoms with Crippen LogP contribution in [0.3, 0.4) is 0 Å². The van der Waals surface area contributed by atoms with E-state index in [9.17, 15) is 4.39 Å². The topological polar surface area (TPSA) is 25.7 Å². The van der Waals surface area contributed by atoms with Crippen LogP contribution in [0.2, 0.25) is 0 Å². The molecule has 1 aromatic heterocycles. The van der Waals surface area contributed by atoms with Gasteiger partial charge in [0.1, 0.15) is 17.7 Å². The Morgan fingerprint density at radius 3 is 2.27 bits per heavy atom. The highest BCUT2D eigenvalue weighted by atomic mass is 32.2. The molecule has 1 saturated heterocycles. The first kappa shape index (κ1) is 18.7. The lowest BCUT2D eigenvalue weighted by atomic mass is 10.0. The third-order valence-corrected chi connectivity index (χ3v) is 5.20. The van der Waals surface area contributed by atoms with Gasteiger partial charge < -0.3 is 9.15 Å². The molecule has 0 bridgehead atoms. The van der Waals surface area contributed by atoms with Crippen molar-refractivity contribution in [2.24, 2.45) is 0 Å². The number of hydrogen-bond donors (Lipinski definition) is 0. The highest BCUT2D eigenvalue weighted by molar-refractivity contribution is 7.99. The molecule has 2 nitrogen and oxygen atoms in total. The van der Waals surface area contributed by atoms with E-state index in [0.717, 1.165) is 17.3 Å². The van der Waals surface area contributed by atoms with Crippen LogP contribution in [0.25, 0.3) is 0 Å². The van der Waals surface area contributed by atoms with Crippen molar-refractivity contribution in [3.05, 3.63) is 83.6 Å². The minimum absolute atomic E-state index is 0.132. The van der Waals surface area contributed by atoms with Crippen molar-refractivity contribution in [3.63, 3.8) is 0 Å². The number of hydrogen-bond acceptors (Lipinski definition) is 3. The number of ether oxygens (including phenoxy) is 1. The molecule has 4 heteroatoms. The predicted molar refractivity (Wildman–Crippen MR) is 103 cm³/mol. The second-order valence-corrected chi connectivity index (χ2v) is 7.66. The summed E-state index contributed by atoms with van der Waals surface area (Å²) in [6.07, 6.45) is 1.92. The van der Waals surface area contributed by atoms with Crippen molar-refractivity contribution in [2.45, 2.75) is 42.6 Å². The fourth-order valence-corrected chi connectivity index (χ4v) is 3.36. The Balaban J connectivity index is 0.000000206. The van der Waals surface area contributed by atoms with Crippen LogP contribution in [0.5, 0.6) is 0 Å². The predicted octanol–water partition coefficient (Wildman–Crippen LogP) is 6.76. The van der Waals surface area contributed by atoms with Crippen molar-refractivity contribution in [1.29, 1.82) is 0 Å². The zero-order chi connectivity index (χ0) is 18.5. The van der Waals surface area contributed by atoms with E-state index in [1.165, 1.54) is 16.5 Å². The van der Waals surface area contributed by atoms with Gasteiger partial charge in [-0.05, 0) is 48.2 Å². The van der Waals surface area contributed by atoms with E-state index in [1.54, 1.807) is 37.1 Å². The summed E-state index contributed by atoms with van der Waals surface area (Å²) in [4.78, 5) is 2.40.